The molecule has 1 amide bonds. The average Bonchev–Trinajstić information content (AvgIpc) is 2.90. The second-order valence-electron chi connectivity index (χ2n) is 8.87. The van der Waals surface area contributed by atoms with E-state index in [1.54, 1.807) is 12.1 Å². The number of aliphatic hydroxyl groups is 1. The highest BCUT2D eigenvalue weighted by Gasteiger charge is 2.35. The first-order chi connectivity index (χ1) is 18.8. The Morgan fingerprint density at radius 1 is 1.15 bits per heavy atom. The molecule has 0 radical (unpaired) electrons. The maximum Gasteiger partial charge on any atom is 0.421 e. The molecule has 2 heterocycles. The first kappa shape index (κ1) is 30.6. The SMILES string of the molecule is CCC[C@H](CO)NC(=O)c1ccc(Nc2ncc(C(F)(F)F)c(NCc3cccnc3N(C)S(C)(=O)=O)n2)cc1. The summed E-state index contributed by atoms with van der Waals surface area (Å²) >= 11 is 0. The van der Waals surface area contributed by atoms with Crippen LogP contribution in [0.3, 0.4) is 0 Å². The van der Waals surface area contributed by atoms with Crippen LogP contribution in [0.5, 0.6) is 0 Å². The number of nitrogens with one attached hydrogen (secondary N) is 3. The van der Waals surface area contributed by atoms with E-state index >= 15 is 0 Å². The molecule has 0 unspecified atom stereocenters. The van der Waals surface area contributed by atoms with Crippen LogP contribution in [-0.2, 0) is 22.7 Å². The summed E-state index contributed by atoms with van der Waals surface area (Å²) in [6.45, 7) is 1.55. The molecule has 0 fully saturated rings. The van der Waals surface area contributed by atoms with Gasteiger partial charge < -0.3 is 21.1 Å². The molecule has 1 atom stereocenters. The second-order valence-corrected chi connectivity index (χ2v) is 10.9. The molecule has 216 valence electrons. The predicted molar refractivity (Wildman–Crippen MR) is 145 cm³/mol. The summed E-state index contributed by atoms with van der Waals surface area (Å²) < 4.78 is 65.9. The number of aromatic nitrogens is 3. The molecule has 40 heavy (non-hydrogen) atoms. The fourth-order valence-electron chi connectivity index (χ4n) is 3.63. The van der Waals surface area contributed by atoms with Crippen molar-refractivity contribution >= 4 is 39.2 Å². The van der Waals surface area contributed by atoms with Gasteiger partial charge in [0.25, 0.3) is 5.91 Å². The lowest BCUT2D eigenvalue weighted by molar-refractivity contribution is -0.137. The summed E-state index contributed by atoms with van der Waals surface area (Å²) in [4.78, 5) is 24.2. The van der Waals surface area contributed by atoms with Crippen molar-refractivity contribution in [2.45, 2.75) is 38.5 Å². The number of alkyl halides is 3. The van der Waals surface area contributed by atoms with E-state index < -0.39 is 27.6 Å². The zero-order valence-electron chi connectivity index (χ0n) is 22.0. The number of amides is 1. The normalized spacial score (nSPS) is 12.5. The Balaban J connectivity index is 1.80. The molecule has 15 heteroatoms. The minimum atomic E-state index is -4.76. The van der Waals surface area contributed by atoms with Crippen molar-refractivity contribution in [3.8, 4) is 0 Å². The second kappa shape index (κ2) is 12.9. The van der Waals surface area contributed by atoms with E-state index in [-0.39, 0.29) is 36.9 Å². The zero-order valence-corrected chi connectivity index (χ0v) is 22.8. The Hall–Kier alpha value is -3.98. The van der Waals surface area contributed by atoms with Crippen LogP contribution in [0.15, 0.2) is 48.8 Å². The van der Waals surface area contributed by atoms with Crippen molar-refractivity contribution in [1.29, 1.82) is 0 Å². The van der Waals surface area contributed by atoms with Crippen molar-refractivity contribution in [1.82, 2.24) is 20.3 Å². The van der Waals surface area contributed by atoms with Gasteiger partial charge in [-0.15, -0.1) is 0 Å². The third kappa shape index (κ3) is 8.02. The minimum Gasteiger partial charge on any atom is -0.394 e. The Morgan fingerprint density at radius 2 is 1.85 bits per heavy atom. The summed E-state index contributed by atoms with van der Waals surface area (Å²) in [5, 5.41) is 17.5. The van der Waals surface area contributed by atoms with Crippen LogP contribution in [0.25, 0.3) is 0 Å². The van der Waals surface area contributed by atoms with Crippen LogP contribution in [0.1, 0.15) is 41.3 Å². The van der Waals surface area contributed by atoms with Gasteiger partial charge in [0.1, 0.15) is 17.2 Å². The molecular formula is C25H30F3N7O4S. The number of carbonyl (C=O) groups is 1. The fraction of sp³-hybridized carbons (Fsp3) is 0.360. The third-order valence-electron chi connectivity index (χ3n) is 5.80. The molecule has 1 aromatic carbocycles. The monoisotopic (exact) mass is 581 g/mol. The third-order valence-corrected chi connectivity index (χ3v) is 6.97. The summed E-state index contributed by atoms with van der Waals surface area (Å²) in [5.74, 6) is -0.977. The number of hydrogen-bond donors (Lipinski definition) is 4. The first-order valence-electron chi connectivity index (χ1n) is 12.2. The molecule has 0 bridgehead atoms. The van der Waals surface area contributed by atoms with Crippen molar-refractivity contribution in [2.75, 3.05) is 34.8 Å². The highest BCUT2D eigenvalue weighted by atomic mass is 32.2. The smallest absolute Gasteiger partial charge is 0.394 e. The molecular weight excluding hydrogens is 551 g/mol. The molecule has 2 aromatic heterocycles. The molecule has 0 saturated carbocycles. The van der Waals surface area contributed by atoms with Gasteiger partial charge in [-0.3, -0.25) is 9.10 Å². The van der Waals surface area contributed by atoms with Gasteiger partial charge in [0, 0.05) is 42.8 Å². The van der Waals surface area contributed by atoms with Gasteiger partial charge in [0.05, 0.1) is 18.9 Å². The van der Waals surface area contributed by atoms with E-state index in [9.17, 15) is 31.5 Å². The topological polar surface area (TPSA) is 149 Å². The van der Waals surface area contributed by atoms with Gasteiger partial charge >= 0.3 is 6.18 Å². The number of benzene rings is 1. The Kier molecular flexibility index (Phi) is 9.87. The van der Waals surface area contributed by atoms with Crippen molar-refractivity contribution in [3.05, 3.63) is 65.5 Å². The highest BCUT2D eigenvalue weighted by Crippen LogP contribution is 2.34. The van der Waals surface area contributed by atoms with E-state index in [0.29, 0.717) is 29.4 Å². The van der Waals surface area contributed by atoms with Gasteiger partial charge in [0.2, 0.25) is 16.0 Å². The molecule has 0 aliphatic rings. The molecule has 11 nitrogen and oxygen atoms in total. The van der Waals surface area contributed by atoms with E-state index in [0.717, 1.165) is 17.0 Å². The van der Waals surface area contributed by atoms with Crippen LogP contribution in [0.4, 0.5) is 36.4 Å². The van der Waals surface area contributed by atoms with Crippen molar-refractivity contribution < 1.29 is 31.5 Å². The molecule has 0 saturated heterocycles. The lowest BCUT2D eigenvalue weighted by Gasteiger charge is -2.20. The minimum absolute atomic E-state index is 0.0580. The Labute approximate surface area is 229 Å². The van der Waals surface area contributed by atoms with E-state index in [1.807, 2.05) is 6.92 Å². The summed E-state index contributed by atoms with van der Waals surface area (Å²) in [6.07, 6.45) is -0.352. The lowest BCUT2D eigenvalue weighted by atomic mass is 10.1. The van der Waals surface area contributed by atoms with E-state index in [2.05, 4.69) is 30.9 Å². The number of sulfonamides is 1. The van der Waals surface area contributed by atoms with Gasteiger partial charge in [0.15, 0.2) is 0 Å². The number of nitrogens with zero attached hydrogens (tertiary/aromatic N) is 4. The van der Waals surface area contributed by atoms with Gasteiger partial charge in [-0.25, -0.2) is 18.4 Å². The largest absolute Gasteiger partial charge is 0.421 e. The fourth-order valence-corrected chi connectivity index (χ4v) is 4.11. The Bertz CT molecular complexity index is 1420. The maximum absolute atomic E-state index is 13.7. The highest BCUT2D eigenvalue weighted by molar-refractivity contribution is 7.92. The van der Waals surface area contributed by atoms with Crippen LogP contribution >= 0.6 is 0 Å². The van der Waals surface area contributed by atoms with Crippen LogP contribution < -0.4 is 20.3 Å². The number of hydrogen-bond acceptors (Lipinski definition) is 9. The average molecular weight is 582 g/mol. The van der Waals surface area contributed by atoms with Crippen LogP contribution in [-0.4, -0.2) is 60.3 Å². The van der Waals surface area contributed by atoms with E-state index in [1.165, 1.54) is 37.5 Å². The predicted octanol–water partition coefficient (Wildman–Crippen LogP) is 3.53. The summed E-state index contributed by atoms with van der Waals surface area (Å²) in [5.41, 5.74) is -0.0358. The number of carbonyl (C=O) groups excluding carboxylic acids is 1. The quantitative estimate of drug-likeness (QED) is 0.252. The number of halogens is 3. The number of aliphatic hydroxyl groups excluding tert-OH is 1. The first-order valence-corrected chi connectivity index (χ1v) is 14.0. The number of pyridine rings is 1. The standard InChI is InChI=1S/C25H30F3N7O4S/c1-4-6-19(15-36)32-23(37)16-8-10-18(11-9-16)33-24-31-14-20(25(26,27)28)21(34-24)30-13-17-7-5-12-29-22(17)35(2)40(3,38)39/h5,7-12,14,19,36H,4,6,13,15H2,1-3H3,(H,32,37)(H2,30,31,33,34)/t19-/m1/s1. The zero-order chi connectivity index (χ0) is 29.5. The molecule has 0 aliphatic carbocycles. The van der Waals surface area contributed by atoms with Gasteiger partial charge in [-0.05, 0) is 36.8 Å². The molecule has 0 spiro atoms. The van der Waals surface area contributed by atoms with Crippen LogP contribution in [0.2, 0.25) is 0 Å². The van der Waals surface area contributed by atoms with Crippen molar-refractivity contribution in [2.24, 2.45) is 0 Å². The summed E-state index contributed by atoms with van der Waals surface area (Å²) in [7, 11) is -2.37. The van der Waals surface area contributed by atoms with Gasteiger partial charge in [-0.1, -0.05) is 19.4 Å². The Morgan fingerprint density at radius 3 is 2.45 bits per heavy atom. The molecule has 3 aromatic rings. The lowest BCUT2D eigenvalue weighted by Crippen LogP contribution is -2.37. The maximum atomic E-state index is 13.7. The molecule has 0 aliphatic heterocycles. The summed E-state index contributed by atoms with van der Waals surface area (Å²) in [6, 6.07) is 8.82. The number of rotatable bonds is 12. The molecule has 4 N–H and O–H groups in total. The van der Waals surface area contributed by atoms with Crippen molar-refractivity contribution in [3.63, 3.8) is 0 Å². The van der Waals surface area contributed by atoms with Crippen LogP contribution in [0, 0.1) is 0 Å². The molecule has 3 rings (SSSR count). The number of anilines is 4. The van der Waals surface area contributed by atoms with Gasteiger partial charge in [-0.2, -0.15) is 18.2 Å². The van der Waals surface area contributed by atoms with E-state index in [4.69, 9.17) is 0 Å².